The molecule has 2 aliphatic rings. The largest absolute Gasteiger partial charge is 0.326 e. The zero-order valence-corrected chi connectivity index (χ0v) is 13.6. The van der Waals surface area contributed by atoms with Crippen LogP contribution in [0.5, 0.6) is 0 Å². The van der Waals surface area contributed by atoms with Crippen molar-refractivity contribution in [3.63, 3.8) is 0 Å². The molecular weight excluding hydrogens is 314 g/mol. The summed E-state index contributed by atoms with van der Waals surface area (Å²) in [7, 11) is 0. The fourth-order valence-electron chi connectivity index (χ4n) is 2.88. The van der Waals surface area contributed by atoms with Crippen molar-refractivity contribution in [3.8, 4) is 0 Å². The topological polar surface area (TPSA) is 32.5 Å². The second-order valence-corrected chi connectivity index (χ2v) is 7.00. The molecule has 1 aliphatic carbocycles. The Bertz CT molecular complexity index is 451. The molecule has 0 bridgehead atoms. The maximum Gasteiger partial charge on any atom is 0.0246 e. The first-order valence-corrected chi connectivity index (χ1v) is 8.46. The molecule has 0 radical (unpaired) electrons. The molecule has 1 saturated carbocycles. The van der Waals surface area contributed by atoms with Gasteiger partial charge in [-0.05, 0) is 36.0 Å². The molecule has 20 heavy (non-hydrogen) atoms. The van der Waals surface area contributed by atoms with Crippen LogP contribution in [0.2, 0.25) is 0 Å². The molecule has 1 aromatic carbocycles. The lowest BCUT2D eigenvalue weighted by molar-refractivity contribution is 0.123. The van der Waals surface area contributed by atoms with Gasteiger partial charge in [-0.1, -0.05) is 28.1 Å². The molecule has 0 spiro atoms. The molecule has 110 valence electrons. The van der Waals surface area contributed by atoms with Crippen LogP contribution in [-0.4, -0.2) is 42.5 Å². The number of nitrogens with two attached hydrogens (primary N) is 1. The Kier molecular flexibility index (Phi) is 4.76. The summed E-state index contributed by atoms with van der Waals surface area (Å²) in [6.07, 6.45) is 2.92. The third-order valence-electron chi connectivity index (χ3n) is 4.43. The quantitative estimate of drug-likeness (QED) is 0.895. The van der Waals surface area contributed by atoms with E-state index in [1.807, 2.05) is 0 Å². The van der Waals surface area contributed by atoms with Gasteiger partial charge >= 0.3 is 0 Å². The monoisotopic (exact) mass is 337 g/mol. The van der Waals surface area contributed by atoms with Crippen LogP contribution in [-0.2, 0) is 13.1 Å². The molecule has 2 N–H and O–H groups in total. The van der Waals surface area contributed by atoms with E-state index in [2.05, 4.69) is 43.9 Å². The van der Waals surface area contributed by atoms with Gasteiger partial charge in [0.05, 0.1) is 0 Å². The highest BCUT2D eigenvalue weighted by molar-refractivity contribution is 9.10. The van der Waals surface area contributed by atoms with Gasteiger partial charge in [0.15, 0.2) is 0 Å². The van der Waals surface area contributed by atoms with Gasteiger partial charge in [0, 0.05) is 50.3 Å². The SMILES string of the molecule is NCc1ccc(CN2CCN(CC3CC3)CC2)c(Br)c1. The van der Waals surface area contributed by atoms with E-state index in [0.717, 1.165) is 12.5 Å². The first-order valence-electron chi connectivity index (χ1n) is 7.66. The number of piperazine rings is 1. The van der Waals surface area contributed by atoms with Gasteiger partial charge < -0.3 is 10.6 Å². The van der Waals surface area contributed by atoms with Crippen molar-refractivity contribution in [2.45, 2.75) is 25.9 Å². The van der Waals surface area contributed by atoms with E-state index < -0.39 is 0 Å². The summed E-state index contributed by atoms with van der Waals surface area (Å²) in [5.74, 6) is 1.01. The smallest absolute Gasteiger partial charge is 0.0246 e. The Morgan fingerprint density at radius 3 is 2.40 bits per heavy atom. The number of rotatable bonds is 5. The Morgan fingerprint density at radius 1 is 1.10 bits per heavy atom. The number of nitrogens with zero attached hydrogens (tertiary/aromatic N) is 2. The van der Waals surface area contributed by atoms with Crippen molar-refractivity contribution in [2.75, 3.05) is 32.7 Å². The standard InChI is InChI=1S/C16H24BrN3/c17-16-9-14(10-18)3-4-15(16)12-20-7-5-19(6-8-20)11-13-1-2-13/h3-4,9,13H,1-2,5-8,10-12,18H2. The second kappa shape index (κ2) is 6.56. The van der Waals surface area contributed by atoms with Crippen LogP contribution in [0.1, 0.15) is 24.0 Å². The number of halogens is 1. The van der Waals surface area contributed by atoms with Gasteiger partial charge in [0.2, 0.25) is 0 Å². The lowest BCUT2D eigenvalue weighted by Gasteiger charge is -2.35. The Hall–Kier alpha value is -0.420. The van der Waals surface area contributed by atoms with Crippen molar-refractivity contribution < 1.29 is 0 Å². The van der Waals surface area contributed by atoms with Gasteiger partial charge in [-0.15, -0.1) is 0 Å². The number of hydrogen-bond acceptors (Lipinski definition) is 3. The molecular formula is C16H24BrN3. The number of hydrogen-bond donors (Lipinski definition) is 1. The van der Waals surface area contributed by atoms with Crippen LogP contribution in [0, 0.1) is 5.92 Å². The predicted octanol–water partition coefficient (Wildman–Crippen LogP) is 2.44. The average molecular weight is 338 g/mol. The van der Waals surface area contributed by atoms with Gasteiger partial charge in [-0.25, -0.2) is 0 Å². The predicted molar refractivity (Wildman–Crippen MR) is 86.5 cm³/mol. The minimum Gasteiger partial charge on any atom is -0.326 e. The zero-order valence-electron chi connectivity index (χ0n) is 12.0. The molecule has 1 aromatic rings. The van der Waals surface area contributed by atoms with Crippen LogP contribution in [0.4, 0.5) is 0 Å². The molecule has 1 saturated heterocycles. The van der Waals surface area contributed by atoms with Gasteiger partial charge in [0.1, 0.15) is 0 Å². The Morgan fingerprint density at radius 2 is 1.80 bits per heavy atom. The summed E-state index contributed by atoms with van der Waals surface area (Å²) < 4.78 is 1.20. The van der Waals surface area contributed by atoms with E-state index in [1.165, 1.54) is 61.2 Å². The van der Waals surface area contributed by atoms with Crippen molar-refractivity contribution in [3.05, 3.63) is 33.8 Å². The van der Waals surface area contributed by atoms with Crippen molar-refractivity contribution >= 4 is 15.9 Å². The van der Waals surface area contributed by atoms with E-state index >= 15 is 0 Å². The molecule has 0 amide bonds. The first kappa shape index (κ1) is 14.5. The maximum absolute atomic E-state index is 5.68. The highest BCUT2D eigenvalue weighted by Crippen LogP contribution is 2.30. The van der Waals surface area contributed by atoms with Gasteiger partial charge in [-0.3, -0.25) is 4.90 Å². The van der Waals surface area contributed by atoms with Crippen molar-refractivity contribution in [2.24, 2.45) is 11.7 Å². The minimum absolute atomic E-state index is 0.610. The molecule has 4 heteroatoms. The lowest BCUT2D eigenvalue weighted by Crippen LogP contribution is -2.46. The molecule has 0 unspecified atom stereocenters. The van der Waals surface area contributed by atoms with Crippen molar-refractivity contribution in [1.82, 2.24) is 9.80 Å². The van der Waals surface area contributed by atoms with Crippen molar-refractivity contribution in [1.29, 1.82) is 0 Å². The molecule has 3 nitrogen and oxygen atoms in total. The highest BCUT2D eigenvalue weighted by atomic mass is 79.9. The van der Waals surface area contributed by atoms with E-state index in [1.54, 1.807) is 0 Å². The lowest BCUT2D eigenvalue weighted by atomic mass is 10.1. The summed E-state index contributed by atoms with van der Waals surface area (Å²) in [6.45, 7) is 7.84. The molecule has 1 aliphatic heterocycles. The van der Waals surface area contributed by atoms with E-state index in [4.69, 9.17) is 5.73 Å². The molecule has 1 heterocycles. The van der Waals surface area contributed by atoms with Crippen LogP contribution >= 0.6 is 15.9 Å². The van der Waals surface area contributed by atoms with Crippen LogP contribution < -0.4 is 5.73 Å². The molecule has 0 atom stereocenters. The third-order valence-corrected chi connectivity index (χ3v) is 5.16. The average Bonchev–Trinajstić information content (AvgIpc) is 3.27. The van der Waals surface area contributed by atoms with E-state index in [-0.39, 0.29) is 0 Å². The van der Waals surface area contributed by atoms with Crippen LogP contribution in [0.15, 0.2) is 22.7 Å². The molecule has 0 aromatic heterocycles. The summed E-state index contributed by atoms with van der Waals surface area (Å²) in [6, 6.07) is 6.50. The highest BCUT2D eigenvalue weighted by Gasteiger charge is 2.26. The number of benzene rings is 1. The normalized spacial score (nSPS) is 21.3. The summed E-state index contributed by atoms with van der Waals surface area (Å²) in [5, 5.41) is 0. The summed E-state index contributed by atoms with van der Waals surface area (Å²) in [5.41, 5.74) is 8.24. The fourth-order valence-corrected chi connectivity index (χ4v) is 3.43. The van der Waals surface area contributed by atoms with E-state index in [9.17, 15) is 0 Å². The van der Waals surface area contributed by atoms with Gasteiger partial charge in [-0.2, -0.15) is 0 Å². The maximum atomic E-state index is 5.68. The zero-order chi connectivity index (χ0) is 13.9. The van der Waals surface area contributed by atoms with Crippen LogP contribution in [0.3, 0.4) is 0 Å². The van der Waals surface area contributed by atoms with Gasteiger partial charge in [0.25, 0.3) is 0 Å². The summed E-state index contributed by atoms with van der Waals surface area (Å²) in [4.78, 5) is 5.20. The Balaban J connectivity index is 1.51. The fraction of sp³-hybridized carbons (Fsp3) is 0.625. The molecule has 2 fully saturated rings. The van der Waals surface area contributed by atoms with Crippen LogP contribution in [0.25, 0.3) is 0 Å². The third kappa shape index (κ3) is 3.82. The molecule has 3 rings (SSSR count). The minimum atomic E-state index is 0.610. The summed E-state index contributed by atoms with van der Waals surface area (Å²) >= 11 is 3.67. The Labute approximate surface area is 130 Å². The second-order valence-electron chi connectivity index (χ2n) is 6.15. The van der Waals surface area contributed by atoms with E-state index in [0.29, 0.717) is 6.54 Å². The first-order chi connectivity index (χ1) is 9.74.